The molecule has 0 aliphatic rings. The van der Waals surface area contributed by atoms with E-state index in [0.29, 0.717) is 19.5 Å². The first-order valence-electron chi connectivity index (χ1n) is 9.32. The average Bonchev–Trinajstić information content (AvgIpc) is 2.96. The van der Waals surface area contributed by atoms with Gasteiger partial charge in [0.05, 0.1) is 0 Å². The zero-order chi connectivity index (χ0) is 19.6. The Morgan fingerprint density at radius 2 is 1.93 bits per heavy atom. The highest BCUT2D eigenvalue weighted by molar-refractivity contribution is 14.0. The van der Waals surface area contributed by atoms with Gasteiger partial charge in [-0.2, -0.15) is 0 Å². The van der Waals surface area contributed by atoms with Crippen molar-refractivity contribution in [1.29, 1.82) is 0 Å². The second kappa shape index (κ2) is 13.1. The number of aliphatic imine (C=N–C) groups is 1. The van der Waals surface area contributed by atoms with Gasteiger partial charge in [0.25, 0.3) is 0 Å². The molecule has 1 aromatic carbocycles. The van der Waals surface area contributed by atoms with Crippen molar-refractivity contribution >= 4 is 45.9 Å². The van der Waals surface area contributed by atoms with E-state index in [9.17, 15) is 4.39 Å². The number of aryl methyl sites for hydroxylation is 2. The lowest BCUT2D eigenvalue weighted by atomic mass is 10.1. The molecule has 6 nitrogen and oxygen atoms in total. The predicted molar refractivity (Wildman–Crippen MR) is 126 cm³/mol. The fourth-order valence-electron chi connectivity index (χ4n) is 2.51. The van der Waals surface area contributed by atoms with Gasteiger partial charge in [0.1, 0.15) is 18.2 Å². The zero-order valence-corrected chi connectivity index (χ0v) is 20.6. The molecule has 0 saturated carbocycles. The summed E-state index contributed by atoms with van der Waals surface area (Å²) in [5.41, 5.74) is 0.729. The third-order valence-corrected chi connectivity index (χ3v) is 4.81. The Kier molecular flexibility index (Phi) is 11.6. The number of nitrogens with one attached hydrogen (secondary N) is 2. The van der Waals surface area contributed by atoms with Crippen molar-refractivity contribution in [2.45, 2.75) is 46.1 Å². The summed E-state index contributed by atoms with van der Waals surface area (Å²) in [6.07, 6.45) is 3.69. The summed E-state index contributed by atoms with van der Waals surface area (Å²) in [5, 5.41) is 14.9. The molecule has 0 radical (unpaired) electrons. The zero-order valence-electron chi connectivity index (χ0n) is 16.6. The number of nitrogens with zero attached hydrogens (tertiary/aromatic N) is 4. The largest absolute Gasteiger partial charge is 0.356 e. The number of hydrogen-bond acceptors (Lipinski definition) is 3. The minimum Gasteiger partial charge on any atom is -0.356 e. The van der Waals surface area contributed by atoms with Crippen molar-refractivity contribution in [2.75, 3.05) is 13.1 Å². The van der Waals surface area contributed by atoms with Crippen LogP contribution in [0.2, 0.25) is 0 Å². The Balaban J connectivity index is 0.00000392. The first-order chi connectivity index (χ1) is 13.0. The minimum absolute atomic E-state index is 0. The average molecular weight is 567 g/mol. The molecule has 28 heavy (non-hydrogen) atoms. The van der Waals surface area contributed by atoms with Gasteiger partial charge in [0.15, 0.2) is 11.8 Å². The fraction of sp³-hybridized carbons (Fsp3) is 0.526. The maximum atomic E-state index is 13.9. The Morgan fingerprint density at radius 1 is 1.21 bits per heavy atom. The van der Waals surface area contributed by atoms with Crippen LogP contribution in [0.5, 0.6) is 0 Å². The van der Waals surface area contributed by atoms with E-state index < -0.39 is 0 Å². The topological polar surface area (TPSA) is 67.1 Å². The van der Waals surface area contributed by atoms with Crippen LogP contribution in [0.15, 0.2) is 27.7 Å². The van der Waals surface area contributed by atoms with Crippen LogP contribution in [-0.4, -0.2) is 33.8 Å². The molecular formula is C19H29BrFIN6. The second-order valence-corrected chi connectivity index (χ2v) is 7.35. The minimum atomic E-state index is -0.169. The van der Waals surface area contributed by atoms with Crippen LogP contribution in [0.1, 0.15) is 43.4 Å². The van der Waals surface area contributed by atoms with Crippen LogP contribution in [-0.2, 0) is 20.0 Å². The second-order valence-electron chi connectivity index (χ2n) is 6.43. The third-order valence-electron chi connectivity index (χ3n) is 4.31. The van der Waals surface area contributed by atoms with Gasteiger partial charge in [-0.25, -0.2) is 9.38 Å². The van der Waals surface area contributed by atoms with E-state index in [2.05, 4.69) is 48.7 Å². The van der Waals surface area contributed by atoms with E-state index in [0.717, 1.165) is 53.5 Å². The standard InChI is InChI=1S/C19H28BrFN6.HI/c1-4-5-10-22-19(24-13-18-26-25-14(2)27(18)3)23-11-6-7-15-8-9-16(20)12-17(15)21;/h8-9,12H,4-7,10-11,13H2,1-3H3,(H2,22,23,24);1H. The molecule has 9 heteroatoms. The van der Waals surface area contributed by atoms with Gasteiger partial charge in [0.2, 0.25) is 0 Å². The molecular weight excluding hydrogens is 538 g/mol. The predicted octanol–water partition coefficient (Wildman–Crippen LogP) is 4.11. The van der Waals surface area contributed by atoms with E-state index in [-0.39, 0.29) is 29.8 Å². The smallest absolute Gasteiger partial charge is 0.191 e. The van der Waals surface area contributed by atoms with E-state index >= 15 is 0 Å². The Labute approximate surface area is 192 Å². The summed E-state index contributed by atoms with van der Waals surface area (Å²) in [5.74, 6) is 2.27. The highest BCUT2D eigenvalue weighted by Crippen LogP contribution is 2.16. The van der Waals surface area contributed by atoms with Crippen LogP contribution < -0.4 is 10.6 Å². The van der Waals surface area contributed by atoms with Crippen LogP contribution >= 0.6 is 39.9 Å². The Hall–Kier alpha value is -1.23. The maximum Gasteiger partial charge on any atom is 0.191 e. The van der Waals surface area contributed by atoms with Crippen molar-refractivity contribution < 1.29 is 4.39 Å². The van der Waals surface area contributed by atoms with Crippen molar-refractivity contribution in [1.82, 2.24) is 25.4 Å². The number of benzene rings is 1. The molecule has 0 atom stereocenters. The maximum absolute atomic E-state index is 13.9. The molecule has 0 fully saturated rings. The molecule has 0 spiro atoms. The molecule has 0 bridgehead atoms. The van der Waals surface area contributed by atoms with E-state index in [4.69, 9.17) is 0 Å². The number of rotatable bonds is 9. The number of unbranched alkanes of at least 4 members (excludes halogenated alkanes) is 1. The highest BCUT2D eigenvalue weighted by Gasteiger charge is 2.06. The van der Waals surface area contributed by atoms with E-state index in [1.165, 1.54) is 6.07 Å². The number of hydrogen-bond donors (Lipinski definition) is 2. The van der Waals surface area contributed by atoms with Gasteiger partial charge in [0, 0.05) is 24.6 Å². The van der Waals surface area contributed by atoms with E-state index in [1.807, 2.05) is 30.7 Å². The molecule has 2 N–H and O–H groups in total. The van der Waals surface area contributed by atoms with Gasteiger partial charge in [-0.05, 0) is 43.9 Å². The summed E-state index contributed by atoms with van der Waals surface area (Å²) >= 11 is 3.28. The number of guanidine groups is 1. The van der Waals surface area contributed by atoms with Crippen LogP contribution in [0.4, 0.5) is 4.39 Å². The van der Waals surface area contributed by atoms with Gasteiger partial charge in [-0.15, -0.1) is 34.2 Å². The van der Waals surface area contributed by atoms with Crippen LogP contribution in [0, 0.1) is 12.7 Å². The first kappa shape index (κ1) is 24.8. The Bertz CT molecular complexity index is 765. The Morgan fingerprint density at radius 3 is 2.54 bits per heavy atom. The van der Waals surface area contributed by atoms with Crippen molar-refractivity contribution in [3.63, 3.8) is 0 Å². The van der Waals surface area contributed by atoms with Crippen LogP contribution in [0.25, 0.3) is 0 Å². The normalized spacial score (nSPS) is 11.2. The third kappa shape index (κ3) is 8.02. The molecule has 0 unspecified atom stereocenters. The highest BCUT2D eigenvalue weighted by atomic mass is 127. The summed E-state index contributed by atoms with van der Waals surface area (Å²) in [4.78, 5) is 4.60. The van der Waals surface area contributed by atoms with Crippen LogP contribution in [0.3, 0.4) is 0 Å². The molecule has 0 amide bonds. The van der Waals surface area contributed by atoms with Crippen molar-refractivity contribution in [3.05, 3.63) is 45.7 Å². The molecule has 0 saturated heterocycles. The monoisotopic (exact) mass is 566 g/mol. The molecule has 0 aliphatic carbocycles. The molecule has 1 aromatic heterocycles. The van der Waals surface area contributed by atoms with E-state index in [1.54, 1.807) is 0 Å². The number of halogens is 3. The quantitative estimate of drug-likeness (QED) is 0.207. The summed E-state index contributed by atoms with van der Waals surface area (Å²) in [7, 11) is 1.94. The molecule has 0 aliphatic heterocycles. The lowest BCUT2D eigenvalue weighted by Gasteiger charge is -2.12. The molecule has 2 aromatic rings. The summed E-state index contributed by atoms with van der Waals surface area (Å²) in [6.45, 7) is 6.11. The summed E-state index contributed by atoms with van der Waals surface area (Å²) in [6, 6.07) is 5.20. The van der Waals surface area contributed by atoms with Crippen molar-refractivity contribution in [2.24, 2.45) is 12.0 Å². The lowest BCUT2D eigenvalue weighted by Crippen LogP contribution is -2.38. The lowest BCUT2D eigenvalue weighted by molar-refractivity contribution is 0.601. The molecule has 1 heterocycles. The fourth-order valence-corrected chi connectivity index (χ4v) is 2.84. The SMILES string of the molecule is CCCCNC(=NCc1nnc(C)n1C)NCCCc1ccc(Br)cc1F.I. The van der Waals surface area contributed by atoms with Gasteiger partial charge in [-0.3, -0.25) is 0 Å². The molecule has 156 valence electrons. The number of aromatic nitrogens is 3. The molecule has 2 rings (SSSR count). The van der Waals surface area contributed by atoms with Gasteiger partial charge >= 0.3 is 0 Å². The van der Waals surface area contributed by atoms with Gasteiger partial charge in [-0.1, -0.05) is 35.3 Å². The van der Waals surface area contributed by atoms with Gasteiger partial charge < -0.3 is 15.2 Å². The first-order valence-corrected chi connectivity index (χ1v) is 10.1. The summed E-state index contributed by atoms with van der Waals surface area (Å²) < 4.78 is 16.6. The van der Waals surface area contributed by atoms with Crippen molar-refractivity contribution in [3.8, 4) is 0 Å².